The van der Waals surface area contributed by atoms with E-state index in [0.29, 0.717) is 12.0 Å². The Morgan fingerprint density at radius 2 is 2.06 bits per heavy atom. The molecule has 1 heterocycles. The molecule has 0 bridgehead atoms. The summed E-state index contributed by atoms with van der Waals surface area (Å²) >= 11 is 3.35. The van der Waals surface area contributed by atoms with Crippen molar-refractivity contribution in [3.05, 3.63) is 58.3 Å². The zero-order chi connectivity index (χ0) is 13.0. The van der Waals surface area contributed by atoms with Crippen LogP contribution in [0.25, 0.3) is 0 Å². The van der Waals surface area contributed by atoms with Crippen LogP contribution in [0.2, 0.25) is 0 Å². The van der Waals surface area contributed by atoms with E-state index >= 15 is 0 Å². The molecule has 5 heteroatoms. The van der Waals surface area contributed by atoms with Crippen molar-refractivity contribution >= 4 is 15.9 Å². The van der Waals surface area contributed by atoms with E-state index in [1.165, 1.54) is 12.4 Å². The molecular formula is C13H13BrFN3. The van der Waals surface area contributed by atoms with Gasteiger partial charge in [-0.2, -0.15) is 0 Å². The lowest BCUT2D eigenvalue weighted by Crippen LogP contribution is -2.19. The summed E-state index contributed by atoms with van der Waals surface area (Å²) in [5, 5.41) is 3.15. The summed E-state index contributed by atoms with van der Waals surface area (Å²) < 4.78 is 14.6. The normalized spacial score (nSPS) is 12.4. The van der Waals surface area contributed by atoms with E-state index in [0.717, 1.165) is 10.0 Å². The van der Waals surface area contributed by atoms with Gasteiger partial charge in [0.2, 0.25) is 0 Å². The van der Waals surface area contributed by atoms with E-state index in [-0.39, 0.29) is 11.9 Å². The minimum atomic E-state index is -0.199. The molecule has 1 N–H and O–H groups in total. The number of rotatable bonds is 4. The number of nitrogens with zero attached hydrogens (tertiary/aromatic N) is 2. The van der Waals surface area contributed by atoms with Crippen LogP contribution in [0.4, 0.5) is 4.39 Å². The Bertz CT molecular complexity index is 519. The van der Waals surface area contributed by atoms with Crippen LogP contribution in [0.15, 0.2) is 41.4 Å². The second-order valence-corrected chi connectivity index (χ2v) is 4.87. The van der Waals surface area contributed by atoms with Crippen molar-refractivity contribution in [3.8, 4) is 0 Å². The average Bonchev–Trinajstić information content (AvgIpc) is 2.41. The summed E-state index contributed by atoms with van der Waals surface area (Å²) in [5.41, 5.74) is 1.60. The van der Waals surface area contributed by atoms with Gasteiger partial charge in [0.1, 0.15) is 12.1 Å². The van der Waals surface area contributed by atoms with E-state index in [4.69, 9.17) is 0 Å². The molecule has 0 saturated carbocycles. The maximum Gasteiger partial charge on any atom is 0.126 e. The maximum absolute atomic E-state index is 13.7. The quantitative estimate of drug-likeness (QED) is 0.943. The number of hydrogen-bond donors (Lipinski definition) is 1. The summed E-state index contributed by atoms with van der Waals surface area (Å²) in [5.74, 6) is -0.199. The molecule has 0 amide bonds. The van der Waals surface area contributed by atoms with Gasteiger partial charge in [-0.15, -0.1) is 0 Å². The van der Waals surface area contributed by atoms with Crippen molar-refractivity contribution in [3.63, 3.8) is 0 Å². The van der Waals surface area contributed by atoms with Crippen molar-refractivity contribution in [2.45, 2.75) is 12.5 Å². The third-order valence-electron chi connectivity index (χ3n) is 2.76. The van der Waals surface area contributed by atoms with Crippen LogP contribution in [0.3, 0.4) is 0 Å². The van der Waals surface area contributed by atoms with Crippen LogP contribution in [0.5, 0.6) is 0 Å². The van der Waals surface area contributed by atoms with Crippen molar-refractivity contribution in [1.82, 2.24) is 15.3 Å². The molecule has 1 aromatic carbocycles. The van der Waals surface area contributed by atoms with Crippen molar-refractivity contribution < 1.29 is 4.39 Å². The molecule has 1 unspecified atom stereocenters. The highest BCUT2D eigenvalue weighted by Gasteiger charge is 2.13. The Labute approximate surface area is 114 Å². The van der Waals surface area contributed by atoms with Crippen LogP contribution in [0.1, 0.15) is 17.2 Å². The average molecular weight is 310 g/mol. The highest BCUT2D eigenvalue weighted by Crippen LogP contribution is 2.21. The lowest BCUT2D eigenvalue weighted by atomic mass is 10.0. The van der Waals surface area contributed by atoms with E-state index in [2.05, 4.69) is 31.2 Å². The van der Waals surface area contributed by atoms with Crippen LogP contribution in [-0.2, 0) is 6.42 Å². The Balaban J connectivity index is 2.23. The fourth-order valence-corrected chi connectivity index (χ4v) is 2.21. The predicted molar refractivity (Wildman–Crippen MR) is 71.6 cm³/mol. The zero-order valence-corrected chi connectivity index (χ0v) is 11.5. The molecule has 0 saturated heterocycles. The molecule has 2 aromatic rings. The van der Waals surface area contributed by atoms with Gasteiger partial charge in [0.15, 0.2) is 0 Å². The lowest BCUT2D eigenvalue weighted by Gasteiger charge is -2.16. The molecule has 0 aliphatic carbocycles. The Kier molecular flexibility index (Phi) is 4.38. The molecule has 0 aliphatic rings. The van der Waals surface area contributed by atoms with Gasteiger partial charge in [0.25, 0.3) is 0 Å². The number of hydrogen-bond acceptors (Lipinski definition) is 3. The Morgan fingerprint density at radius 3 is 2.72 bits per heavy atom. The van der Waals surface area contributed by atoms with Crippen LogP contribution in [0, 0.1) is 5.82 Å². The summed E-state index contributed by atoms with van der Waals surface area (Å²) in [6, 6.07) is 4.95. The predicted octanol–water partition coefficient (Wildman–Crippen LogP) is 2.88. The summed E-state index contributed by atoms with van der Waals surface area (Å²) in [6.45, 7) is 0. The topological polar surface area (TPSA) is 37.8 Å². The first-order valence-corrected chi connectivity index (χ1v) is 6.36. The van der Waals surface area contributed by atoms with Gasteiger partial charge >= 0.3 is 0 Å². The molecule has 18 heavy (non-hydrogen) atoms. The first-order valence-electron chi connectivity index (χ1n) is 5.57. The maximum atomic E-state index is 13.7. The van der Waals surface area contributed by atoms with E-state index in [9.17, 15) is 4.39 Å². The molecule has 0 aliphatic heterocycles. The summed E-state index contributed by atoms with van der Waals surface area (Å²) in [7, 11) is 1.84. The van der Waals surface area contributed by atoms with Crippen molar-refractivity contribution in [2.24, 2.45) is 0 Å². The molecule has 94 valence electrons. The van der Waals surface area contributed by atoms with E-state index in [1.807, 2.05) is 7.05 Å². The van der Waals surface area contributed by atoms with Gasteiger partial charge in [0, 0.05) is 28.5 Å². The molecule has 1 atom stereocenters. The van der Waals surface area contributed by atoms with Gasteiger partial charge in [-0.1, -0.05) is 15.9 Å². The molecular weight excluding hydrogens is 297 g/mol. The number of benzene rings is 1. The smallest absolute Gasteiger partial charge is 0.126 e. The van der Waals surface area contributed by atoms with Crippen LogP contribution < -0.4 is 5.32 Å². The SMILES string of the molecule is CNC(Cc1cc(Br)ccc1F)c1cncnc1. The lowest BCUT2D eigenvalue weighted by molar-refractivity contribution is 0.551. The van der Waals surface area contributed by atoms with Gasteiger partial charge in [-0.25, -0.2) is 14.4 Å². The van der Waals surface area contributed by atoms with Gasteiger partial charge < -0.3 is 5.32 Å². The van der Waals surface area contributed by atoms with E-state index < -0.39 is 0 Å². The van der Waals surface area contributed by atoms with Crippen molar-refractivity contribution in [2.75, 3.05) is 7.05 Å². The van der Waals surface area contributed by atoms with Crippen molar-refractivity contribution in [1.29, 1.82) is 0 Å². The minimum absolute atomic E-state index is 0.00463. The highest BCUT2D eigenvalue weighted by atomic mass is 79.9. The molecule has 0 fully saturated rings. The summed E-state index contributed by atoms with van der Waals surface area (Å²) in [6.07, 6.45) is 5.51. The third-order valence-corrected chi connectivity index (χ3v) is 3.26. The second kappa shape index (κ2) is 6.02. The van der Waals surface area contributed by atoms with Crippen LogP contribution in [-0.4, -0.2) is 17.0 Å². The zero-order valence-electron chi connectivity index (χ0n) is 9.90. The number of aromatic nitrogens is 2. The van der Waals surface area contributed by atoms with Gasteiger partial charge in [0.05, 0.1) is 0 Å². The molecule has 2 rings (SSSR count). The Hall–Kier alpha value is -1.33. The van der Waals surface area contributed by atoms with Crippen LogP contribution >= 0.6 is 15.9 Å². The molecule has 0 spiro atoms. The number of likely N-dealkylation sites (N-methyl/N-ethyl adjacent to an activating group) is 1. The Morgan fingerprint density at radius 1 is 1.33 bits per heavy atom. The standard InChI is InChI=1S/C13H13BrFN3/c1-16-13(10-6-17-8-18-7-10)5-9-4-11(14)2-3-12(9)15/h2-4,6-8,13,16H,5H2,1H3. The first kappa shape index (κ1) is 13.1. The largest absolute Gasteiger partial charge is 0.313 e. The second-order valence-electron chi connectivity index (χ2n) is 3.95. The van der Waals surface area contributed by atoms with Gasteiger partial charge in [-0.3, -0.25) is 0 Å². The highest BCUT2D eigenvalue weighted by molar-refractivity contribution is 9.10. The number of halogens is 2. The summed E-state index contributed by atoms with van der Waals surface area (Å²) in [4.78, 5) is 7.96. The first-order chi connectivity index (χ1) is 8.70. The third kappa shape index (κ3) is 3.11. The molecule has 3 nitrogen and oxygen atoms in total. The monoisotopic (exact) mass is 309 g/mol. The molecule has 0 radical (unpaired) electrons. The fourth-order valence-electron chi connectivity index (χ4n) is 1.80. The van der Waals surface area contributed by atoms with Gasteiger partial charge in [-0.05, 0) is 37.2 Å². The number of nitrogens with one attached hydrogen (secondary N) is 1. The minimum Gasteiger partial charge on any atom is -0.313 e. The fraction of sp³-hybridized carbons (Fsp3) is 0.231. The molecule has 1 aromatic heterocycles. The van der Waals surface area contributed by atoms with E-state index in [1.54, 1.807) is 24.5 Å².